The number of nitrogens with one attached hydrogen (secondary N) is 3. The van der Waals surface area contributed by atoms with Gasteiger partial charge in [-0.15, -0.1) is 0 Å². The number of carbonyl (C=O) groups is 1. The van der Waals surface area contributed by atoms with Crippen LogP contribution >= 0.6 is 15.9 Å². The van der Waals surface area contributed by atoms with E-state index in [9.17, 15) is 9.18 Å². The molecule has 0 aliphatic heterocycles. The van der Waals surface area contributed by atoms with Crippen molar-refractivity contribution in [1.82, 2.24) is 25.5 Å². The maximum Gasteiger partial charge on any atom is 0.268 e. The number of hydrogen-bond donors (Lipinski definition) is 3. The highest BCUT2D eigenvalue weighted by molar-refractivity contribution is 9.10. The molecule has 0 spiro atoms. The second-order valence-corrected chi connectivity index (χ2v) is 5.06. The molecule has 0 unspecified atom stereocenters. The van der Waals surface area contributed by atoms with Gasteiger partial charge in [-0.25, -0.2) is 9.37 Å². The lowest BCUT2D eigenvalue weighted by molar-refractivity contribution is 0.0946. The van der Waals surface area contributed by atoms with Gasteiger partial charge >= 0.3 is 0 Å². The zero-order valence-corrected chi connectivity index (χ0v) is 11.7. The Balaban J connectivity index is 1.83. The Morgan fingerprint density at radius 3 is 3.00 bits per heavy atom. The SMILES string of the molecule is O=C(NCc1ncn[nH]1)c1cc2c(F)cc(Br)cc2[nH]1. The highest BCUT2D eigenvalue weighted by Crippen LogP contribution is 2.23. The van der Waals surface area contributed by atoms with Crippen LogP contribution < -0.4 is 5.32 Å². The van der Waals surface area contributed by atoms with Crippen molar-refractivity contribution >= 4 is 32.7 Å². The fourth-order valence-electron chi connectivity index (χ4n) is 1.86. The zero-order valence-electron chi connectivity index (χ0n) is 10.1. The minimum atomic E-state index is -0.389. The average Bonchev–Trinajstić information content (AvgIpc) is 3.04. The van der Waals surface area contributed by atoms with Crippen LogP contribution in [0.15, 0.2) is 29.0 Å². The lowest BCUT2D eigenvalue weighted by atomic mass is 10.2. The molecule has 0 saturated carbocycles. The standard InChI is InChI=1S/C12H9BrFN5O/c13-6-1-8(14)7-3-10(18-9(7)2-6)12(20)15-4-11-16-5-17-19-11/h1-3,5,18H,4H2,(H,15,20)(H,16,17,19). The van der Waals surface area contributed by atoms with Gasteiger partial charge in [0.2, 0.25) is 0 Å². The Morgan fingerprint density at radius 1 is 1.40 bits per heavy atom. The van der Waals surface area contributed by atoms with E-state index >= 15 is 0 Å². The summed E-state index contributed by atoms with van der Waals surface area (Å²) < 4.78 is 14.3. The van der Waals surface area contributed by atoms with Gasteiger partial charge in [0.15, 0.2) is 0 Å². The highest BCUT2D eigenvalue weighted by atomic mass is 79.9. The van der Waals surface area contributed by atoms with E-state index in [1.165, 1.54) is 18.5 Å². The van der Waals surface area contributed by atoms with Gasteiger partial charge in [0, 0.05) is 9.86 Å². The Bertz CT molecular complexity index is 768. The van der Waals surface area contributed by atoms with Crippen LogP contribution in [0.1, 0.15) is 16.3 Å². The molecule has 0 atom stereocenters. The number of aromatic amines is 2. The summed E-state index contributed by atoms with van der Waals surface area (Å²) in [5, 5.41) is 9.35. The third kappa shape index (κ3) is 2.42. The Labute approximate surface area is 120 Å². The van der Waals surface area contributed by atoms with Crippen LogP contribution in [0, 0.1) is 5.82 Å². The summed E-state index contributed by atoms with van der Waals surface area (Å²) in [6, 6.07) is 4.55. The molecule has 3 N–H and O–H groups in total. The van der Waals surface area contributed by atoms with Crippen LogP contribution in [0.3, 0.4) is 0 Å². The van der Waals surface area contributed by atoms with E-state index in [-0.39, 0.29) is 24.0 Å². The predicted octanol–water partition coefficient (Wildman–Crippen LogP) is 2.12. The van der Waals surface area contributed by atoms with Crippen molar-refractivity contribution in [2.24, 2.45) is 0 Å². The summed E-state index contributed by atoms with van der Waals surface area (Å²) in [4.78, 5) is 18.7. The lowest BCUT2D eigenvalue weighted by Crippen LogP contribution is -2.23. The summed E-state index contributed by atoms with van der Waals surface area (Å²) in [6.45, 7) is 0.223. The number of benzene rings is 1. The number of H-pyrrole nitrogens is 2. The van der Waals surface area contributed by atoms with E-state index in [1.54, 1.807) is 6.07 Å². The van der Waals surface area contributed by atoms with Gasteiger partial charge in [-0.3, -0.25) is 9.89 Å². The van der Waals surface area contributed by atoms with E-state index in [1.807, 2.05) is 0 Å². The molecule has 0 aliphatic rings. The van der Waals surface area contributed by atoms with E-state index in [0.29, 0.717) is 21.2 Å². The third-order valence-electron chi connectivity index (χ3n) is 2.78. The van der Waals surface area contributed by atoms with Crippen molar-refractivity contribution in [3.05, 3.63) is 46.3 Å². The van der Waals surface area contributed by atoms with Gasteiger partial charge in [0.25, 0.3) is 5.91 Å². The number of amides is 1. The summed E-state index contributed by atoms with van der Waals surface area (Å²) in [5.41, 5.74) is 0.846. The van der Waals surface area contributed by atoms with Crippen molar-refractivity contribution in [3.8, 4) is 0 Å². The molecule has 0 bridgehead atoms. The zero-order chi connectivity index (χ0) is 14.1. The molecule has 0 saturated heterocycles. The summed E-state index contributed by atoms with van der Waals surface area (Å²) in [6.07, 6.45) is 1.36. The number of carbonyl (C=O) groups excluding carboxylic acids is 1. The third-order valence-corrected chi connectivity index (χ3v) is 3.24. The first-order chi connectivity index (χ1) is 9.63. The summed E-state index contributed by atoms with van der Waals surface area (Å²) in [7, 11) is 0. The fourth-order valence-corrected chi connectivity index (χ4v) is 2.29. The Hall–Kier alpha value is -2.22. The monoisotopic (exact) mass is 337 g/mol. The first-order valence-electron chi connectivity index (χ1n) is 5.73. The van der Waals surface area contributed by atoms with Crippen LogP contribution in [-0.4, -0.2) is 26.1 Å². The van der Waals surface area contributed by atoms with Gasteiger partial charge in [0.1, 0.15) is 23.7 Å². The topological polar surface area (TPSA) is 86.5 Å². The van der Waals surface area contributed by atoms with Crippen molar-refractivity contribution < 1.29 is 9.18 Å². The molecule has 2 aromatic heterocycles. The molecule has 3 rings (SSSR count). The number of rotatable bonds is 3. The average molecular weight is 338 g/mol. The van der Waals surface area contributed by atoms with E-state index < -0.39 is 0 Å². The maximum atomic E-state index is 13.7. The molecule has 0 fully saturated rings. The first-order valence-corrected chi connectivity index (χ1v) is 6.53. The van der Waals surface area contributed by atoms with Crippen molar-refractivity contribution in [2.45, 2.75) is 6.54 Å². The van der Waals surface area contributed by atoms with E-state index in [0.717, 1.165) is 0 Å². The molecule has 3 aromatic rings. The van der Waals surface area contributed by atoms with E-state index in [2.05, 4.69) is 41.4 Å². The molecule has 0 aliphatic carbocycles. The van der Waals surface area contributed by atoms with Gasteiger partial charge in [-0.1, -0.05) is 15.9 Å². The highest BCUT2D eigenvalue weighted by Gasteiger charge is 2.12. The predicted molar refractivity (Wildman–Crippen MR) is 73.5 cm³/mol. The van der Waals surface area contributed by atoms with Crippen LogP contribution in [-0.2, 0) is 6.54 Å². The minimum absolute atomic E-state index is 0.223. The van der Waals surface area contributed by atoms with Crippen molar-refractivity contribution in [3.63, 3.8) is 0 Å². The first kappa shape index (κ1) is 12.8. The number of hydrogen-bond acceptors (Lipinski definition) is 3. The quantitative estimate of drug-likeness (QED) is 0.684. The van der Waals surface area contributed by atoms with Gasteiger partial charge in [-0.05, 0) is 18.2 Å². The Kier molecular flexibility index (Phi) is 3.23. The molecule has 1 aromatic carbocycles. The molecule has 102 valence electrons. The number of fused-ring (bicyclic) bond motifs is 1. The molecule has 20 heavy (non-hydrogen) atoms. The van der Waals surface area contributed by atoms with Gasteiger partial charge in [0.05, 0.1) is 12.1 Å². The molecule has 1 amide bonds. The van der Waals surface area contributed by atoms with Crippen molar-refractivity contribution in [2.75, 3.05) is 0 Å². The number of nitrogens with zero attached hydrogens (tertiary/aromatic N) is 2. The van der Waals surface area contributed by atoms with Crippen molar-refractivity contribution in [1.29, 1.82) is 0 Å². The molecule has 6 nitrogen and oxygen atoms in total. The molecule has 0 radical (unpaired) electrons. The lowest BCUT2D eigenvalue weighted by Gasteiger charge is -1.99. The smallest absolute Gasteiger partial charge is 0.268 e. The minimum Gasteiger partial charge on any atom is -0.350 e. The van der Waals surface area contributed by atoms with Crippen LogP contribution in [0.25, 0.3) is 10.9 Å². The molecule has 2 heterocycles. The number of aromatic nitrogens is 4. The van der Waals surface area contributed by atoms with E-state index in [4.69, 9.17) is 0 Å². The summed E-state index contributed by atoms with van der Waals surface area (Å²) in [5.74, 6) is -0.184. The van der Waals surface area contributed by atoms with Gasteiger partial charge < -0.3 is 10.3 Å². The van der Waals surface area contributed by atoms with Gasteiger partial charge in [-0.2, -0.15) is 5.10 Å². The van der Waals surface area contributed by atoms with Crippen LogP contribution in [0.2, 0.25) is 0 Å². The molecular formula is C12H9BrFN5O. The Morgan fingerprint density at radius 2 is 2.25 bits per heavy atom. The second-order valence-electron chi connectivity index (χ2n) is 4.15. The van der Waals surface area contributed by atoms with Crippen LogP contribution in [0.5, 0.6) is 0 Å². The number of halogens is 2. The largest absolute Gasteiger partial charge is 0.350 e. The molecular weight excluding hydrogens is 329 g/mol. The fraction of sp³-hybridized carbons (Fsp3) is 0.0833. The summed E-state index contributed by atoms with van der Waals surface area (Å²) >= 11 is 3.21. The normalized spacial score (nSPS) is 10.9. The maximum absolute atomic E-state index is 13.7. The second kappa shape index (κ2) is 5.04. The van der Waals surface area contributed by atoms with Crippen LogP contribution in [0.4, 0.5) is 4.39 Å². The molecule has 8 heteroatoms.